The van der Waals surface area contributed by atoms with Crippen LogP contribution in [0.25, 0.3) is 0 Å². The summed E-state index contributed by atoms with van der Waals surface area (Å²) in [6, 6.07) is 15.7. The zero-order valence-electron chi connectivity index (χ0n) is 12.5. The molecule has 22 heavy (non-hydrogen) atoms. The van der Waals surface area contributed by atoms with Gasteiger partial charge in [0.15, 0.2) is 0 Å². The van der Waals surface area contributed by atoms with E-state index in [2.05, 4.69) is 21.2 Å². The molecule has 0 heterocycles. The maximum absolute atomic E-state index is 12.0. The molecule has 0 aliphatic heterocycles. The number of hydrogen-bond donors (Lipinski definition) is 1. The first-order valence-electron chi connectivity index (χ1n) is 6.90. The molecule has 0 aromatic heterocycles. The fraction of sp³-hybridized carbons (Fsp3) is 0.235. The van der Waals surface area contributed by atoms with Gasteiger partial charge < -0.3 is 10.1 Å². The number of carbonyl (C=O) groups excluding carboxylic acids is 1. The van der Waals surface area contributed by atoms with Crippen LogP contribution in [-0.2, 0) is 4.79 Å². The second-order valence-electron chi connectivity index (χ2n) is 4.80. The summed E-state index contributed by atoms with van der Waals surface area (Å²) in [5.41, 5.74) is 1.09. The van der Waals surface area contributed by atoms with Crippen molar-refractivity contribution in [1.82, 2.24) is 5.32 Å². The molecule has 0 spiro atoms. The molecule has 2 rings (SSSR count). The minimum atomic E-state index is -0.00272. The summed E-state index contributed by atoms with van der Waals surface area (Å²) in [5, 5.41) is 3.01. The van der Waals surface area contributed by atoms with E-state index in [1.165, 1.54) is 11.8 Å². The van der Waals surface area contributed by atoms with E-state index in [-0.39, 0.29) is 11.9 Å². The van der Waals surface area contributed by atoms with Crippen molar-refractivity contribution in [3.8, 4) is 5.75 Å². The summed E-state index contributed by atoms with van der Waals surface area (Å²) in [7, 11) is 1.64. The largest absolute Gasteiger partial charge is 0.497 e. The molecular weight excluding hydrogens is 362 g/mol. The van der Waals surface area contributed by atoms with Gasteiger partial charge in [-0.25, -0.2) is 0 Å². The predicted molar refractivity (Wildman–Crippen MR) is 94.4 cm³/mol. The second kappa shape index (κ2) is 8.25. The highest BCUT2D eigenvalue weighted by Gasteiger charge is 2.10. The van der Waals surface area contributed by atoms with E-state index in [4.69, 9.17) is 4.74 Å². The third-order valence-corrected chi connectivity index (χ3v) is 4.72. The van der Waals surface area contributed by atoms with Crippen LogP contribution in [-0.4, -0.2) is 18.8 Å². The van der Waals surface area contributed by atoms with E-state index < -0.39 is 0 Å². The normalized spacial score (nSPS) is 11.8. The summed E-state index contributed by atoms with van der Waals surface area (Å²) < 4.78 is 6.15. The van der Waals surface area contributed by atoms with E-state index in [9.17, 15) is 4.79 Å². The Morgan fingerprint density at radius 2 is 1.82 bits per heavy atom. The van der Waals surface area contributed by atoms with Crippen LogP contribution in [0, 0.1) is 0 Å². The third-order valence-electron chi connectivity index (χ3n) is 3.18. The average molecular weight is 380 g/mol. The Morgan fingerprint density at radius 1 is 1.18 bits per heavy atom. The van der Waals surface area contributed by atoms with Crippen molar-refractivity contribution in [2.45, 2.75) is 17.9 Å². The minimum Gasteiger partial charge on any atom is -0.497 e. The molecule has 0 fully saturated rings. The number of thioether (sulfide) groups is 1. The Balaban J connectivity index is 1.83. The highest BCUT2D eigenvalue weighted by Crippen LogP contribution is 2.21. The number of hydrogen-bond acceptors (Lipinski definition) is 3. The fourth-order valence-corrected chi connectivity index (χ4v) is 2.91. The number of ether oxygens (including phenoxy) is 1. The maximum Gasteiger partial charge on any atom is 0.230 e. The Kier molecular flexibility index (Phi) is 6.34. The number of nitrogens with one attached hydrogen (secondary N) is 1. The molecule has 0 aliphatic rings. The summed E-state index contributed by atoms with van der Waals surface area (Å²) in [6.07, 6.45) is 0. The number of halogens is 1. The highest BCUT2D eigenvalue weighted by molar-refractivity contribution is 9.10. The van der Waals surface area contributed by atoms with E-state index in [0.29, 0.717) is 5.75 Å². The monoisotopic (exact) mass is 379 g/mol. The van der Waals surface area contributed by atoms with Gasteiger partial charge in [0.25, 0.3) is 0 Å². The van der Waals surface area contributed by atoms with Crippen molar-refractivity contribution >= 4 is 33.6 Å². The van der Waals surface area contributed by atoms with Gasteiger partial charge in [0.05, 0.1) is 18.9 Å². The first kappa shape index (κ1) is 16.9. The average Bonchev–Trinajstić information content (AvgIpc) is 2.54. The first-order valence-corrected chi connectivity index (χ1v) is 8.68. The molecule has 1 N–H and O–H groups in total. The number of benzene rings is 2. The Bertz CT molecular complexity index is 614. The third kappa shape index (κ3) is 5.07. The van der Waals surface area contributed by atoms with Crippen molar-refractivity contribution in [2.24, 2.45) is 0 Å². The van der Waals surface area contributed by atoms with Crippen LogP contribution in [0.2, 0.25) is 0 Å². The molecular formula is C17H18BrNO2S. The molecule has 1 atom stereocenters. The first-order chi connectivity index (χ1) is 10.6. The summed E-state index contributed by atoms with van der Waals surface area (Å²) in [4.78, 5) is 13.1. The molecule has 0 unspecified atom stereocenters. The van der Waals surface area contributed by atoms with Crippen molar-refractivity contribution in [1.29, 1.82) is 0 Å². The molecule has 1 amide bonds. The van der Waals surface area contributed by atoms with Gasteiger partial charge in [-0.2, -0.15) is 0 Å². The van der Waals surface area contributed by atoms with Crippen molar-refractivity contribution in [3.05, 3.63) is 58.6 Å². The van der Waals surface area contributed by atoms with Gasteiger partial charge in [-0.3, -0.25) is 4.79 Å². The quantitative estimate of drug-likeness (QED) is 0.754. The van der Waals surface area contributed by atoms with Gasteiger partial charge in [-0.1, -0.05) is 28.1 Å². The van der Waals surface area contributed by atoms with Gasteiger partial charge in [0, 0.05) is 9.37 Å². The molecule has 0 aliphatic carbocycles. The van der Waals surface area contributed by atoms with Gasteiger partial charge in [0.2, 0.25) is 5.91 Å². The standard InChI is InChI=1S/C17H18BrNO2S/c1-12(13-3-5-14(18)6-4-13)19-17(20)11-22-16-9-7-15(21-2)8-10-16/h3-10,12H,11H2,1-2H3,(H,19,20)/t12-/m0/s1. The topological polar surface area (TPSA) is 38.3 Å². The molecule has 5 heteroatoms. The van der Waals surface area contributed by atoms with Gasteiger partial charge in [-0.05, 0) is 48.9 Å². The molecule has 0 saturated heterocycles. The lowest BCUT2D eigenvalue weighted by molar-refractivity contribution is -0.119. The zero-order valence-corrected chi connectivity index (χ0v) is 14.9. The molecule has 116 valence electrons. The second-order valence-corrected chi connectivity index (χ2v) is 6.77. The van der Waals surface area contributed by atoms with Crippen LogP contribution >= 0.6 is 27.7 Å². The molecule has 0 saturated carbocycles. The van der Waals surface area contributed by atoms with Crippen molar-refractivity contribution in [3.63, 3.8) is 0 Å². The number of amides is 1. The number of methoxy groups -OCH3 is 1. The van der Waals surface area contributed by atoms with Crippen LogP contribution in [0.1, 0.15) is 18.5 Å². The van der Waals surface area contributed by atoms with Crippen LogP contribution in [0.4, 0.5) is 0 Å². The van der Waals surface area contributed by atoms with Crippen LogP contribution in [0.5, 0.6) is 5.75 Å². The number of rotatable bonds is 6. The zero-order chi connectivity index (χ0) is 15.9. The molecule has 0 radical (unpaired) electrons. The number of carbonyl (C=O) groups is 1. The lowest BCUT2D eigenvalue weighted by Crippen LogP contribution is -2.28. The molecule has 0 bridgehead atoms. The van der Waals surface area contributed by atoms with E-state index in [1.54, 1.807) is 7.11 Å². The lowest BCUT2D eigenvalue weighted by atomic mass is 10.1. The molecule has 3 nitrogen and oxygen atoms in total. The Morgan fingerprint density at radius 3 is 2.41 bits per heavy atom. The van der Waals surface area contributed by atoms with Crippen molar-refractivity contribution in [2.75, 3.05) is 12.9 Å². The highest BCUT2D eigenvalue weighted by atomic mass is 79.9. The van der Waals surface area contributed by atoms with Crippen LogP contribution in [0.15, 0.2) is 57.9 Å². The van der Waals surface area contributed by atoms with E-state index >= 15 is 0 Å². The van der Waals surface area contributed by atoms with E-state index in [1.807, 2.05) is 55.5 Å². The molecule has 2 aromatic rings. The van der Waals surface area contributed by atoms with Crippen LogP contribution in [0.3, 0.4) is 0 Å². The summed E-state index contributed by atoms with van der Waals surface area (Å²) in [6.45, 7) is 1.99. The van der Waals surface area contributed by atoms with Gasteiger partial charge in [-0.15, -0.1) is 11.8 Å². The SMILES string of the molecule is COc1ccc(SCC(=O)N[C@@H](C)c2ccc(Br)cc2)cc1. The summed E-state index contributed by atoms with van der Waals surface area (Å²) in [5.74, 6) is 1.24. The smallest absolute Gasteiger partial charge is 0.230 e. The van der Waals surface area contributed by atoms with Gasteiger partial charge in [0.1, 0.15) is 5.75 Å². The summed E-state index contributed by atoms with van der Waals surface area (Å²) >= 11 is 4.92. The maximum atomic E-state index is 12.0. The van der Waals surface area contributed by atoms with E-state index in [0.717, 1.165) is 20.7 Å². The fourth-order valence-electron chi connectivity index (χ4n) is 1.94. The minimum absolute atomic E-state index is 0.00272. The predicted octanol–water partition coefficient (Wildman–Crippen LogP) is 4.43. The molecule has 2 aromatic carbocycles. The van der Waals surface area contributed by atoms with Crippen LogP contribution < -0.4 is 10.1 Å². The Labute approximate surface area is 143 Å². The van der Waals surface area contributed by atoms with Crippen molar-refractivity contribution < 1.29 is 9.53 Å². The Hall–Kier alpha value is -1.46. The van der Waals surface area contributed by atoms with Gasteiger partial charge >= 0.3 is 0 Å². The lowest BCUT2D eigenvalue weighted by Gasteiger charge is -2.14.